The Hall–Kier alpha value is -2.54. The van der Waals surface area contributed by atoms with Crippen molar-refractivity contribution in [2.75, 3.05) is 18.5 Å². The zero-order chi connectivity index (χ0) is 28.8. The number of anilines is 1. The van der Waals surface area contributed by atoms with Crippen molar-refractivity contribution < 1.29 is 13.9 Å². The Balaban J connectivity index is 0.00000205. The Morgan fingerprint density at radius 3 is 2.26 bits per heavy atom. The smallest absolute Gasteiger partial charge is 0.270 e. The van der Waals surface area contributed by atoms with Crippen molar-refractivity contribution in [1.29, 1.82) is 0 Å². The molecule has 0 radical (unpaired) electrons. The Labute approximate surface area is 233 Å². The van der Waals surface area contributed by atoms with Gasteiger partial charge in [0.25, 0.3) is 5.92 Å². The predicted molar refractivity (Wildman–Crippen MR) is 158 cm³/mol. The molecule has 4 rings (SSSR count). The van der Waals surface area contributed by atoms with Gasteiger partial charge >= 0.3 is 0 Å². The number of aromatic nitrogens is 3. The Morgan fingerprint density at radius 1 is 0.974 bits per heavy atom. The zero-order valence-corrected chi connectivity index (χ0v) is 25.0. The van der Waals surface area contributed by atoms with Crippen LogP contribution < -0.4 is 4.90 Å². The van der Waals surface area contributed by atoms with Gasteiger partial charge in [0.05, 0.1) is 16.6 Å². The molecule has 3 aromatic rings. The van der Waals surface area contributed by atoms with Crippen LogP contribution in [0.3, 0.4) is 0 Å². The fraction of sp³-hybridized carbons (Fsp3) is 0.625. The van der Waals surface area contributed by atoms with Crippen molar-refractivity contribution in [2.45, 2.75) is 104 Å². The van der Waals surface area contributed by atoms with E-state index in [0.29, 0.717) is 22.8 Å². The molecule has 0 aliphatic heterocycles. The fourth-order valence-electron chi connectivity index (χ4n) is 5.63. The minimum absolute atomic E-state index is 0.0342. The number of imidazole rings is 1. The maximum absolute atomic E-state index is 13.7. The summed E-state index contributed by atoms with van der Waals surface area (Å²) in [5, 5.41) is 10.4. The zero-order valence-electron chi connectivity index (χ0n) is 25.0. The average molecular weight is 543 g/mol. The number of alkyl halides is 2. The lowest BCUT2D eigenvalue weighted by molar-refractivity contribution is 0.0176. The monoisotopic (exact) mass is 542 g/mol. The van der Waals surface area contributed by atoms with E-state index in [9.17, 15) is 13.9 Å². The molecule has 1 aromatic carbocycles. The van der Waals surface area contributed by atoms with Gasteiger partial charge in [0.1, 0.15) is 11.6 Å². The molecule has 39 heavy (non-hydrogen) atoms. The van der Waals surface area contributed by atoms with Gasteiger partial charge in [0.2, 0.25) is 0 Å². The summed E-state index contributed by atoms with van der Waals surface area (Å²) in [4.78, 5) is 14.6. The van der Waals surface area contributed by atoms with E-state index >= 15 is 0 Å². The second-order valence-electron chi connectivity index (χ2n) is 12.1. The molecule has 1 fully saturated rings. The van der Waals surface area contributed by atoms with Crippen LogP contribution >= 0.6 is 0 Å². The maximum Gasteiger partial charge on any atom is 0.270 e. The third-order valence-electron chi connectivity index (χ3n) is 8.32. The summed E-state index contributed by atoms with van der Waals surface area (Å²) in [6.45, 7) is 12.0. The first-order chi connectivity index (χ1) is 18.3. The maximum atomic E-state index is 13.7. The number of rotatable bonds is 10. The molecule has 1 unspecified atom stereocenters. The topological polar surface area (TPSA) is 65.0 Å². The van der Waals surface area contributed by atoms with Crippen molar-refractivity contribution in [3.8, 4) is 11.4 Å². The summed E-state index contributed by atoms with van der Waals surface area (Å²) in [5.74, 6) is -0.686. The number of hydrogen-bond acceptors (Lipinski definition) is 4. The van der Waals surface area contributed by atoms with Crippen LogP contribution in [0.5, 0.6) is 0 Å². The summed E-state index contributed by atoms with van der Waals surface area (Å²) in [5.41, 5.74) is 1.57. The highest BCUT2D eigenvalue weighted by molar-refractivity contribution is 5.80. The minimum Gasteiger partial charge on any atom is -0.390 e. The van der Waals surface area contributed by atoms with E-state index in [-0.39, 0.29) is 11.0 Å². The summed E-state index contributed by atoms with van der Waals surface area (Å²) in [6.07, 6.45) is 11.2. The number of pyridine rings is 1. The molecule has 5 nitrogen and oxygen atoms in total. The molecule has 1 atom stereocenters. The molecule has 0 bridgehead atoms. The van der Waals surface area contributed by atoms with Gasteiger partial charge < -0.3 is 15.0 Å². The normalized spacial score (nSPS) is 16.5. The summed E-state index contributed by atoms with van der Waals surface area (Å²) >= 11 is 0. The van der Waals surface area contributed by atoms with Crippen molar-refractivity contribution >= 4 is 16.9 Å². The van der Waals surface area contributed by atoms with E-state index in [2.05, 4.69) is 33.8 Å². The molecule has 0 amide bonds. The highest BCUT2D eigenvalue weighted by Gasteiger charge is 2.36. The first kappa shape index (κ1) is 31.0. The quantitative estimate of drug-likeness (QED) is 0.269. The highest BCUT2D eigenvalue weighted by Crippen LogP contribution is 2.45. The second-order valence-corrected chi connectivity index (χ2v) is 12.1. The van der Waals surface area contributed by atoms with E-state index in [1.165, 1.54) is 44.2 Å². The molecule has 1 saturated carbocycles. The molecule has 1 aliphatic carbocycles. The summed E-state index contributed by atoms with van der Waals surface area (Å²) in [6, 6.07) is 8.47. The van der Waals surface area contributed by atoms with Crippen LogP contribution in [-0.4, -0.2) is 39.3 Å². The van der Waals surface area contributed by atoms with Gasteiger partial charge in [0.15, 0.2) is 0 Å². The Morgan fingerprint density at radius 2 is 1.67 bits per heavy atom. The van der Waals surface area contributed by atoms with Crippen LogP contribution in [0.4, 0.5) is 14.6 Å². The first-order valence-electron chi connectivity index (χ1n) is 14.6. The van der Waals surface area contributed by atoms with Gasteiger partial charge in [-0.1, -0.05) is 46.1 Å². The van der Waals surface area contributed by atoms with Gasteiger partial charge in [-0.3, -0.25) is 0 Å². The molecule has 0 spiro atoms. The standard InChI is InChI=1S/C30H42F2N4O.C2H6/c1-28(2,37)15-16-29(3,22-9-7-6-8-10-22)17-18-36(5)26-14-11-21(20-33-26)27-34-24-13-12-23(30(4,31)32)19-25(24)35-27;1-2/h11-14,19-20,22,37H,6-10,15-18H2,1-5H3,(H,34,35);1-2H3. The van der Waals surface area contributed by atoms with E-state index in [1.54, 1.807) is 12.3 Å². The molecule has 0 saturated heterocycles. The minimum atomic E-state index is -2.89. The average Bonchev–Trinajstić information content (AvgIpc) is 3.35. The predicted octanol–water partition coefficient (Wildman–Crippen LogP) is 8.73. The Kier molecular flexibility index (Phi) is 10.1. The number of fused-ring (bicyclic) bond motifs is 1. The van der Waals surface area contributed by atoms with Crippen LogP contribution in [0.2, 0.25) is 0 Å². The van der Waals surface area contributed by atoms with E-state index in [1.807, 2.05) is 39.8 Å². The van der Waals surface area contributed by atoms with Crippen molar-refractivity contribution in [3.63, 3.8) is 0 Å². The van der Waals surface area contributed by atoms with E-state index in [0.717, 1.165) is 44.1 Å². The number of nitrogens with one attached hydrogen (secondary N) is 1. The number of benzene rings is 1. The molecule has 1 aliphatic rings. The van der Waals surface area contributed by atoms with Crippen molar-refractivity contribution in [1.82, 2.24) is 15.0 Å². The lowest BCUT2D eigenvalue weighted by Crippen LogP contribution is -2.35. The first-order valence-corrected chi connectivity index (χ1v) is 14.6. The van der Waals surface area contributed by atoms with Crippen LogP contribution in [0.1, 0.15) is 98.5 Å². The number of aliphatic hydroxyl groups is 1. The largest absolute Gasteiger partial charge is 0.390 e. The summed E-state index contributed by atoms with van der Waals surface area (Å²) < 4.78 is 27.4. The lowest BCUT2D eigenvalue weighted by Gasteiger charge is -2.42. The SMILES string of the molecule is CC.CN(CCC(C)(CCC(C)(C)O)C1CCCCC1)c1ccc(-c2nc3ccc(C(C)(F)F)cc3[nH]2)cn1. The number of halogens is 2. The van der Waals surface area contributed by atoms with Gasteiger partial charge in [0, 0.05) is 37.8 Å². The Bertz CT molecular complexity index is 1170. The van der Waals surface area contributed by atoms with Crippen molar-refractivity contribution in [2.24, 2.45) is 11.3 Å². The summed E-state index contributed by atoms with van der Waals surface area (Å²) in [7, 11) is 2.08. The molecule has 2 N–H and O–H groups in total. The molecular formula is C32H48F2N4O. The molecule has 2 aromatic heterocycles. The van der Waals surface area contributed by atoms with Crippen LogP contribution in [0, 0.1) is 11.3 Å². The van der Waals surface area contributed by atoms with Crippen LogP contribution in [0.15, 0.2) is 36.5 Å². The lowest BCUT2D eigenvalue weighted by atomic mass is 9.65. The van der Waals surface area contributed by atoms with Gasteiger partial charge in [-0.2, -0.15) is 0 Å². The molecule has 216 valence electrons. The van der Waals surface area contributed by atoms with E-state index < -0.39 is 11.5 Å². The molecular weight excluding hydrogens is 494 g/mol. The number of H-pyrrole nitrogens is 1. The van der Waals surface area contributed by atoms with Crippen molar-refractivity contribution in [3.05, 3.63) is 42.1 Å². The highest BCUT2D eigenvalue weighted by atomic mass is 19.3. The van der Waals surface area contributed by atoms with Gasteiger partial charge in [-0.25, -0.2) is 18.7 Å². The number of nitrogens with zero attached hydrogens (tertiary/aromatic N) is 3. The molecule has 2 heterocycles. The fourth-order valence-corrected chi connectivity index (χ4v) is 5.63. The van der Waals surface area contributed by atoms with Crippen LogP contribution in [-0.2, 0) is 5.92 Å². The molecule has 7 heteroatoms. The third-order valence-corrected chi connectivity index (χ3v) is 8.32. The van der Waals surface area contributed by atoms with Crippen LogP contribution in [0.25, 0.3) is 22.4 Å². The number of hydrogen-bond donors (Lipinski definition) is 2. The van der Waals surface area contributed by atoms with Gasteiger partial charge in [-0.15, -0.1) is 0 Å². The third kappa shape index (κ3) is 8.23. The van der Waals surface area contributed by atoms with Gasteiger partial charge in [-0.05, 0) is 81.5 Å². The second kappa shape index (κ2) is 12.8. The van der Waals surface area contributed by atoms with E-state index in [4.69, 9.17) is 0 Å². The number of aromatic amines is 1.